The molecule has 0 radical (unpaired) electrons. The Balaban J connectivity index is 1.70. The van der Waals surface area contributed by atoms with Crippen LogP contribution in [0.15, 0.2) is 53.3 Å². The molecule has 2 bridgehead atoms. The second-order valence-electron chi connectivity index (χ2n) is 9.48. The van der Waals surface area contributed by atoms with Crippen LogP contribution in [-0.4, -0.2) is 24.6 Å². The number of ketones is 1. The number of carbonyl (C=O) groups is 1. The number of rotatable bonds is 3. The van der Waals surface area contributed by atoms with Gasteiger partial charge in [0.25, 0.3) is 0 Å². The van der Waals surface area contributed by atoms with Crippen molar-refractivity contribution >= 4 is 5.78 Å². The number of benzene rings is 1. The van der Waals surface area contributed by atoms with Gasteiger partial charge in [0.2, 0.25) is 0 Å². The van der Waals surface area contributed by atoms with Crippen LogP contribution in [0.25, 0.3) is 0 Å². The third-order valence-corrected chi connectivity index (χ3v) is 5.70. The van der Waals surface area contributed by atoms with Crippen LogP contribution < -0.4 is 0 Å². The number of hydrogen-bond donors (Lipinski definition) is 0. The van der Waals surface area contributed by atoms with Crippen molar-refractivity contribution in [3.8, 4) is 0 Å². The topological polar surface area (TPSA) is 44.8 Å². The Morgan fingerprint density at radius 3 is 2.44 bits per heavy atom. The van der Waals surface area contributed by atoms with Gasteiger partial charge in [-0.15, -0.1) is 0 Å². The Kier molecular flexibility index (Phi) is 4.32. The smallest absolute Gasteiger partial charge is 0.180 e. The van der Waals surface area contributed by atoms with E-state index in [9.17, 15) is 4.79 Å². The zero-order valence-corrected chi connectivity index (χ0v) is 16.7. The number of hydrogen-bond acceptors (Lipinski definition) is 4. The third-order valence-electron chi connectivity index (χ3n) is 5.70. The van der Waals surface area contributed by atoms with E-state index in [1.54, 1.807) is 0 Å². The van der Waals surface area contributed by atoms with Crippen LogP contribution in [-0.2, 0) is 25.7 Å². The number of carbonyl (C=O) groups excluding carboxylic acids is 1. The average Bonchev–Trinajstić information content (AvgIpc) is 2.94. The minimum Gasteiger partial charge on any atom is -0.492 e. The Bertz CT molecular complexity index is 811. The van der Waals surface area contributed by atoms with Crippen molar-refractivity contribution in [3.63, 3.8) is 0 Å². The monoisotopic (exact) mass is 368 g/mol. The zero-order valence-electron chi connectivity index (χ0n) is 16.7. The lowest BCUT2D eigenvalue weighted by atomic mass is 9.70. The van der Waals surface area contributed by atoms with Gasteiger partial charge in [-0.2, -0.15) is 0 Å². The summed E-state index contributed by atoms with van der Waals surface area (Å²) in [6, 6.07) is 10.1. The molecule has 3 heterocycles. The van der Waals surface area contributed by atoms with Gasteiger partial charge < -0.3 is 4.74 Å². The molecule has 1 saturated heterocycles. The Hall–Kier alpha value is -1.91. The van der Waals surface area contributed by atoms with E-state index in [2.05, 4.69) is 34.6 Å². The molecule has 0 aromatic heterocycles. The van der Waals surface area contributed by atoms with Gasteiger partial charge in [-0.05, 0) is 29.0 Å². The molecule has 0 amide bonds. The summed E-state index contributed by atoms with van der Waals surface area (Å²) in [5.41, 5.74) is 3.09. The van der Waals surface area contributed by atoms with E-state index in [4.69, 9.17) is 14.5 Å². The quantitative estimate of drug-likeness (QED) is 0.742. The van der Waals surface area contributed by atoms with Gasteiger partial charge >= 0.3 is 0 Å². The fourth-order valence-corrected chi connectivity index (χ4v) is 4.77. The van der Waals surface area contributed by atoms with E-state index in [0.717, 1.165) is 16.9 Å². The third kappa shape index (κ3) is 3.15. The number of Topliss-reactive ketones (excluding diaryl/α,β-unsaturated/α-hetero) is 1. The molecule has 0 saturated carbocycles. The largest absolute Gasteiger partial charge is 0.492 e. The number of ether oxygens (including phenoxy) is 1. The van der Waals surface area contributed by atoms with E-state index >= 15 is 0 Å². The minimum absolute atomic E-state index is 0.0553. The summed E-state index contributed by atoms with van der Waals surface area (Å²) >= 11 is 0. The first-order valence-electron chi connectivity index (χ1n) is 9.68. The fourth-order valence-electron chi connectivity index (χ4n) is 4.77. The maximum Gasteiger partial charge on any atom is 0.180 e. The molecule has 4 heteroatoms. The van der Waals surface area contributed by atoms with Crippen LogP contribution in [0, 0.1) is 16.7 Å². The molecule has 1 fully saturated rings. The molecular formula is C23H28O4. The van der Waals surface area contributed by atoms with Gasteiger partial charge in [-0.3, -0.25) is 4.79 Å². The van der Waals surface area contributed by atoms with Crippen LogP contribution >= 0.6 is 0 Å². The molecule has 4 nitrogen and oxygen atoms in total. The molecule has 144 valence electrons. The second kappa shape index (κ2) is 6.32. The van der Waals surface area contributed by atoms with Crippen LogP contribution in [0.4, 0.5) is 0 Å². The lowest BCUT2D eigenvalue weighted by Gasteiger charge is -2.39. The highest BCUT2D eigenvalue weighted by molar-refractivity contribution is 5.92. The molecule has 5 rings (SSSR count). The minimum atomic E-state index is -0.704. The summed E-state index contributed by atoms with van der Waals surface area (Å²) in [5, 5.41) is 0. The van der Waals surface area contributed by atoms with Gasteiger partial charge in [-0.25, -0.2) is 9.78 Å². The summed E-state index contributed by atoms with van der Waals surface area (Å²) in [6.45, 7) is 11.6. The molecule has 0 N–H and O–H groups in total. The molecule has 1 aromatic carbocycles. The summed E-state index contributed by atoms with van der Waals surface area (Å²) in [7, 11) is 0. The van der Waals surface area contributed by atoms with E-state index in [0.29, 0.717) is 13.0 Å². The predicted molar refractivity (Wildman–Crippen MR) is 103 cm³/mol. The number of fused-ring (bicyclic) bond motifs is 2. The lowest BCUT2D eigenvalue weighted by molar-refractivity contribution is -0.357. The van der Waals surface area contributed by atoms with Crippen molar-refractivity contribution in [3.05, 3.63) is 58.9 Å². The maximum absolute atomic E-state index is 13.2. The van der Waals surface area contributed by atoms with Crippen molar-refractivity contribution in [1.29, 1.82) is 0 Å². The highest BCUT2D eigenvalue weighted by Crippen LogP contribution is 2.50. The fraction of sp³-hybridized carbons (Fsp3) is 0.522. The van der Waals surface area contributed by atoms with Crippen molar-refractivity contribution < 1.29 is 19.3 Å². The van der Waals surface area contributed by atoms with Gasteiger partial charge in [0.15, 0.2) is 11.9 Å². The van der Waals surface area contributed by atoms with Gasteiger partial charge in [0.1, 0.15) is 11.9 Å². The van der Waals surface area contributed by atoms with Crippen LogP contribution in [0.2, 0.25) is 0 Å². The molecule has 0 spiro atoms. The molecule has 4 aliphatic rings. The van der Waals surface area contributed by atoms with Crippen molar-refractivity contribution in [2.75, 3.05) is 6.61 Å². The lowest BCUT2D eigenvalue weighted by Crippen LogP contribution is -2.50. The van der Waals surface area contributed by atoms with Crippen molar-refractivity contribution in [1.82, 2.24) is 0 Å². The first kappa shape index (κ1) is 18.5. The van der Waals surface area contributed by atoms with Crippen molar-refractivity contribution in [2.45, 2.75) is 53.2 Å². The first-order valence-corrected chi connectivity index (χ1v) is 9.68. The second-order valence-corrected chi connectivity index (χ2v) is 9.48. The Morgan fingerprint density at radius 2 is 1.81 bits per heavy atom. The van der Waals surface area contributed by atoms with Gasteiger partial charge in [0.05, 0.1) is 12.5 Å². The Morgan fingerprint density at radius 1 is 1.11 bits per heavy atom. The van der Waals surface area contributed by atoms with E-state index in [1.165, 1.54) is 5.57 Å². The predicted octanol–water partition coefficient (Wildman–Crippen LogP) is 4.41. The zero-order chi connectivity index (χ0) is 19.4. The SMILES string of the molecule is CC(C)(C)C1=C(C2=CC3OOC2C(=O)C3Cc2ccccc2)OCC1(C)C. The summed E-state index contributed by atoms with van der Waals surface area (Å²) < 4.78 is 6.12. The molecule has 3 aliphatic heterocycles. The summed E-state index contributed by atoms with van der Waals surface area (Å²) in [5.74, 6) is 0.696. The summed E-state index contributed by atoms with van der Waals surface area (Å²) in [4.78, 5) is 24.2. The Labute approximate surface area is 161 Å². The normalized spacial score (nSPS) is 29.7. The molecule has 3 unspecified atom stereocenters. The van der Waals surface area contributed by atoms with Crippen molar-refractivity contribution in [2.24, 2.45) is 16.7 Å². The van der Waals surface area contributed by atoms with E-state index in [-0.39, 0.29) is 28.6 Å². The maximum atomic E-state index is 13.2. The standard InChI is InChI=1S/C23H28O4/c1-22(2,3)21-20(25-13-23(21,4)5)16-12-17-15(18(24)19(16)27-26-17)11-14-9-7-6-8-10-14/h6-10,12,15,17,19H,11,13H2,1-5H3. The highest BCUT2D eigenvalue weighted by Gasteiger charge is 2.51. The molecular weight excluding hydrogens is 340 g/mol. The molecule has 3 atom stereocenters. The van der Waals surface area contributed by atoms with Gasteiger partial charge in [0, 0.05) is 11.0 Å². The molecule has 27 heavy (non-hydrogen) atoms. The molecule has 1 aromatic rings. The van der Waals surface area contributed by atoms with Crippen LogP contribution in [0.1, 0.15) is 40.2 Å². The van der Waals surface area contributed by atoms with E-state index in [1.807, 2.05) is 36.4 Å². The highest BCUT2D eigenvalue weighted by atomic mass is 17.2. The van der Waals surface area contributed by atoms with Gasteiger partial charge in [-0.1, -0.05) is 65.0 Å². The molecule has 1 aliphatic carbocycles. The average molecular weight is 368 g/mol. The summed E-state index contributed by atoms with van der Waals surface area (Å²) in [6.07, 6.45) is 1.63. The van der Waals surface area contributed by atoms with Crippen LogP contribution in [0.3, 0.4) is 0 Å². The van der Waals surface area contributed by atoms with E-state index < -0.39 is 6.10 Å². The van der Waals surface area contributed by atoms with Crippen LogP contribution in [0.5, 0.6) is 0 Å². The first-order chi connectivity index (χ1) is 12.7.